The van der Waals surface area contributed by atoms with E-state index in [-0.39, 0.29) is 11.9 Å². The maximum absolute atomic E-state index is 5.54. The van der Waals surface area contributed by atoms with Gasteiger partial charge in [-0.05, 0) is 41.1 Å². The number of halogens is 1. The lowest BCUT2D eigenvalue weighted by atomic mass is 10.2. The summed E-state index contributed by atoms with van der Waals surface area (Å²) < 4.78 is 1.00. The van der Waals surface area contributed by atoms with Crippen LogP contribution in [0.15, 0.2) is 28.2 Å². The number of nitrogens with zero attached hydrogens (tertiary/aromatic N) is 2. The Morgan fingerprint density at radius 1 is 1.27 bits per heavy atom. The van der Waals surface area contributed by atoms with E-state index in [9.17, 15) is 0 Å². The first kappa shape index (κ1) is 11.8. The molecule has 80 valence electrons. The summed E-state index contributed by atoms with van der Waals surface area (Å²) in [6, 6.07) is 5.84. The van der Waals surface area contributed by atoms with E-state index in [4.69, 9.17) is 17.2 Å². The van der Waals surface area contributed by atoms with Crippen LogP contribution < -0.4 is 17.2 Å². The summed E-state index contributed by atoms with van der Waals surface area (Å²) >= 11 is 2.18. The molecule has 15 heavy (non-hydrogen) atoms. The molecular weight excluding hydrogens is 305 g/mol. The molecule has 0 aromatic heterocycles. The fourth-order valence-electron chi connectivity index (χ4n) is 1.04. The minimum absolute atomic E-state index is 0.0576. The fraction of sp³-hybridized carbons (Fsp3) is 0.111. The van der Waals surface area contributed by atoms with Gasteiger partial charge in [0, 0.05) is 3.57 Å². The Labute approximate surface area is 102 Å². The average molecular weight is 317 g/mol. The third-order valence-corrected chi connectivity index (χ3v) is 2.53. The molecule has 0 saturated heterocycles. The minimum atomic E-state index is -0.0974. The second-order valence-corrected chi connectivity index (χ2v) is 4.07. The average Bonchev–Trinajstić information content (AvgIpc) is 2.10. The van der Waals surface area contributed by atoms with Gasteiger partial charge in [0.25, 0.3) is 0 Å². The van der Waals surface area contributed by atoms with Gasteiger partial charge in [-0.2, -0.15) is 4.99 Å². The third kappa shape index (κ3) is 3.39. The molecule has 5 nitrogen and oxygen atoms in total. The van der Waals surface area contributed by atoms with Crippen LogP contribution in [0, 0.1) is 10.5 Å². The van der Waals surface area contributed by atoms with Crippen molar-refractivity contribution in [1.82, 2.24) is 0 Å². The van der Waals surface area contributed by atoms with Gasteiger partial charge < -0.3 is 17.2 Å². The summed E-state index contributed by atoms with van der Waals surface area (Å²) in [4.78, 5) is 7.79. The molecule has 0 spiro atoms. The van der Waals surface area contributed by atoms with E-state index in [0.717, 1.165) is 14.8 Å². The molecule has 0 bridgehead atoms. The molecule has 0 amide bonds. The van der Waals surface area contributed by atoms with E-state index in [2.05, 4.69) is 32.6 Å². The standard InChI is InChI=1S/C9H12IN5/c1-5-3-2-4-6(10)7(5)14-9(13)15-8(11)12/h2-4H,1H3,(H6,11,12,13,14,15). The van der Waals surface area contributed by atoms with Gasteiger partial charge in [0.05, 0.1) is 5.69 Å². The predicted octanol–water partition coefficient (Wildman–Crippen LogP) is 0.819. The van der Waals surface area contributed by atoms with Gasteiger partial charge in [0.15, 0.2) is 5.96 Å². The van der Waals surface area contributed by atoms with E-state index in [1.807, 2.05) is 25.1 Å². The molecule has 0 unspecified atom stereocenters. The van der Waals surface area contributed by atoms with Crippen LogP contribution in [0.5, 0.6) is 0 Å². The monoisotopic (exact) mass is 317 g/mol. The van der Waals surface area contributed by atoms with Crippen LogP contribution >= 0.6 is 22.6 Å². The van der Waals surface area contributed by atoms with Crippen molar-refractivity contribution in [3.05, 3.63) is 27.3 Å². The van der Waals surface area contributed by atoms with Gasteiger partial charge in [-0.3, -0.25) is 0 Å². The van der Waals surface area contributed by atoms with Crippen molar-refractivity contribution in [3.8, 4) is 0 Å². The maximum atomic E-state index is 5.54. The number of para-hydroxylation sites is 1. The molecule has 0 fully saturated rings. The predicted molar refractivity (Wildman–Crippen MR) is 71.0 cm³/mol. The number of guanidine groups is 2. The Kier molecular flexibility index (Phi) is 3.89. The molecule has 1 aromatic rings. The molecule has 6 N–H and O–H groups in total. The van der Waals surface area contributed by atoms with Crippen LogP contribution in [-0.4, -0.2) is 11.9 Å². The van der Waals surface area contributed by atoms with E-state index in [0.29, 0.717) is 0 Å². The topological polar surface area (TPSA) is 103 Å². The second kappa shape index (κ2) is 4.96. The quantitative estimate of drug-likeness (QED) is 0.406. The first-order valence-electron chi connectivity index (χ1n) is 4.19. The van der Waals surface area contributed by atoms with Crippen LogP contribution in [0.3, 0.4) is 0 Å². The molecule has 1 aromatic carbocycles. The van der Waals surface area contributed by atoms with Gasteiger partial charge in [0.1, 0.15) is 0 Å². The molecule has 0 radical (unpaired) electrons. The first-order chi connectivity index (χ1) is 7.00. The summed E-state index contributed by atoms with van der Waals surface area (Å²) in [6.45, 7) is 1.95. The summed E-state index contributed by atoms with van der Waals surface area (Å²) in [5, 5.41) is 0. The van der Waals surface area contributed by atoms with Gasteiger partial charge in [-0.1, -0.05) is 12.1 Å². The summed E-state index contributed by atoms with van der Waals surface area (Å²) in [5.41, 5.74) is 17.7. The van der Waals surface area contributed by atoms with E-state index in [1.54, 1.807) is 0 Å². The van der Waals surface area contributed by atoms with Crippen molar-refractivity contribution in [2.75, 3.05) is 0 Å². The Balaban J connectivity index is 3.13. The normalized spacial score (nSPS) is 11.2. The third-order valence-electron chi connectivity index (χ3n) is 1.66. The van der Waals surface area contributed by atoms with Crippen LogP contribution in [0.2, 0.25) is 0 Å². The highest BCUT2D eigenvalue weighted by Crippen LogP contribution is 2.25. The van der Waals surface area contributed by atoms with Crippen molar-refractivity contribution in [2.24, 2.45) is 27.2 Å². The number of rotatable bonds is 1. The lowest BCUT2D eigenvalue weighted by Crippen LogP contribution is -2.26. The van der Waals surface area contributed by atoms with Crippen LogP contribution in [-0.2, 0) is 0 Å². The number of nitrogens with two attached hydrogens (primary N) is 3. The molecule has 0 atom stereocenters. The van der Waals surface area contributed by atoms with E-state index >= 15 is 0 Å². The Hall–Kier alpha value is -1.31. The zero-order valence-corrected chi connectivity index (χ0v) is 10.4. The molecule has 6 heteroatoms. The minimum Gasteiger partial charge on any atom is -0.370 e. The van der Waals surface area contributed by atoms with Crippen LogP contribution in [0.4, 0.5) is 5.69 Å². The van der Waals surface area contributed by atoms with Crippen LogP contribution in [0.1, 0.15) is 5.56 Å². The smallest absolute Gasteiger partial charge is 0.223 e. The highest BCUT2D eigenvalue weighted by atomic mass is 127. The fourth-order valence-corrected chi connectivity index (χ4v) is 1.79. The summed E-state index contributed by atoms with van der Waals surface area (Å²) in [6.07, 6.45) is 0. The van der Waals surface area contributed by atoms with Crippen molar-refractivity contribution >= 4 is 40.2 Å². The zero-order valence-electron chi connectivity index (χ0n) is 8.24. The van der Waals surface area contributed by atoms with E-state index in [1.165, 1.54) is 0 Å². The summed E-state index contributed by atoms with van der Waals surface area (Å²) in [5.74, 6) is -0.0398. The van der Waals surface area contributed by atoms with Crippen molar-refractivity contribution in [3.63, 3.8) is 0 Å². The Morgan fingerprint density at radius 2 is 1.93 bits per heavy atom. The number of benzene rings is 1. The van der Waals surface area contributed by atoms with Gasteiger partial charge in [-0.25, -0.2) is 4.99 Å². The second-order valence-electron chi connectivity index (χ2n) is 2.91. The molecule has 0 aliphatic heterocycles. The SMILES string of the molecule is Cc1cccc(I)c1N=C(N)N=C(N)N. The summed E-state index contributed by atoms with van der Waals surface area (Å²) in [7, 11) is 0. The van der Waals surface area contributed by atoms with Crippen LogP contribution in [0.25, 0.3) is 0 Å². The molecule has 0 saturated carbocycles. The van der Waals surface area contributed by atoms with Gasteiger partial charge in [0.2, 0.25) is 5.96 Å². The Bertz CT molecular complexity index is 400. The first-order valence-corrected chi connectivity index (χ1v) is 5.27. The zero-order chi connectivity index (χ0) is 11.4. The molecule has 0 heterocycles. The molecule has 0 aliphatic rings. The van der Waals surface area contributed by atoms with Crippen molar-refractivity contribution < 1.29 is 0 Å². The highest BCUT2D eigenvalue weighted by molar-refractivity contribution is 14.1. The highest BCUT2D eigenvalue weighted by Gasteiger charge is 2.02. The number of aryl methyl sites for hydroxylation is 1. The molecule has 1 rings (SSSR count). The van der Waals surface area contributed by atoms with Crippen molar-refractivity contribution in [1.29, 1.82) is 0 Å². The van der Waals surface area contributed by atoms with E-state index < -0.39 is 0 Å². The lowest BCUT2D eigenvalue weighted by Gasteiger charge is -2.02. The maximum Gasteiger partial charge on any atom is 0.223 e. The largest absolute Gasteiger partial charge is 0.370 e. The van der Waals surface area contributed by atoms with Crippen molar-refractivity contribution in [2.45, 2.75) is 6.92 Å². The number of hydrogen-bond donors (Lipinski definition) is 3. The van der Waals surface area contributed by atoms with Gasteiger partial charge >= 0.3 is 0 Å². The molecular formula is C9H12IN5. The lowest BCUT2D eigenvalue weighted by molar-refractivity contribution is 1.33. The number of aliphatic imine (C=N–C) groups is 2. The number of hydrogen-bond acceptors (Lipinski definition) is 1. The van der Waals surface area contributed by atoms with Gasteiger partial charge in [-0.15, -0.1) is 0 Å². The Morgan fingerprint density at radius 3 is 2.47 bits per heavy atom. The molecule has 0 aliphatic carbocycles.